The first-order chi connectivity index (χ1) is 7.17. The average Bonchev–Trinajstić information content (AvgIpc) is 2.20. The van der Waals surface area contributed by atoms with Gasteiger partial charge in [0.25, 0.3) is 0 Å². The molecule has 0 amide bonds. The highest BCUT2D eigenvalue weighted by Gasteiger charge is 2.01. The van der Waals surface area contributed by atoms with Crippen molar-refractivity contribution in [3.05, 3.63) is 33.8 Å². The summed E-state index contributed by atoms with van der Waals surface area (Å²) in [5.74, 6) is 0. The molecule has 0 bridgehead atoms. The molecule has 0 radical (unpaired) electrons. The Morgan fingerprint density at radius 2 is 1.67 bits per heavy atom. The zero-order valence-electron chi connectivity index (χ0n) is 8.89. The van der Waals surface area contributed by atoms with Gasteiger partial charge in [0.05, 0.1) is 15.6 Å². The lowest BCUT2D eigenvalue weighted by molar-refractivity contribution is 0.112. The predicted octanol–water partition coefficient (Wildman–Crippen LogP) is 3.42. The van der Waals surface area contributed by atoms with Gasteiger partial charge in [0.15, 0.2) is 6.29 Å². The van der Waals surface area contributed by atoms with E-state index in [1.54, 1.807) is 18.2 Å². The molecule has 0 saturated carbocycles. The molecule has 0 aromatic heterocycles. The highest BCUT2D eigenvalue weighted by atomic mass is 35.5. The lowest BCUT2D eigenvalue weighted by Gasteiger charge is -1.95. The SMILES string of the molecule is CCNCC.O=Cc1c(Cl)cccc1Cl. The Kier molecular flexibility index (Phi) is 8.38. The van der Waals surface area contributed by atoms with E-state index < -0.39 is 0 Å². The second kappa shape index (κ2) is 8.72. The number of aldehydes is 1. The summed E-state index contributed by atoms with van der Waals surface area (Å²) < 4.78 is 0. The summed E-state index contributed by atoms with van der Waals surface area (Å²) in [6.07, 6.45) is 0.644. The Bertz CT molecular complexity index is 280. The Morgan fingerprint density at radius 3 is 1.87 bits per heavy atom. The molecule has 1 aromatic carbocycles. The van der Waals surface area contributed by atoms with Crippen LogP contribution < -0.4 is 5.32 Å². The Labute approximate surface area is 101 Å². The van der Waals surface area contributed by atoms with Crippen molar-refractivity contribution < 1.29 is 4.79 Å². The Hall–Kier alpha value is -0.570. The minimum absolute atomic E-state index is 0.353. The zero-order chi connectivity index (χ0) is 11.7. The zero-order valence-corrected chi connectivity index (χ0v) is 10.4. The molecule has 1 N–H and O–H groups in total. The second-order valence-corrected chi connectivity index (χ2v) is 3.52. The molecule has 15 heavy (non-hydrogen) atoms. The number of nitrogens with one attached hydrogen (secondary N) is 1. The Balaban J connectivity index is 0.000000336. The molecule has 84 valence electrons. The predicted molar refractivity (Wildman–Crippen MR) is 66.1 cm³/mol. The van der Waals surface area contributed by atoms with Crippen LogP contribution in [0.2, 0.25) is 10.0 Å². The maximum atomic E-state index is 10.3. The summed E-state index contributed by atoms with van der Waals surface area (Å²) in [4.78, 5) is 10.3. The van der Waals surface area contributed by atoms with Crippen molar-refractivity contribution >= 4 is 29.5 Å². The fourth-order valence-corrected chi connectivity index (χ4v) is 1.36. The van der Waals surface area contributed by atoms with Crippen molar-refractivity contribution in [3.8, 4) is 0 Å². The number of rotatable bonds is 3. The van der Waals surface area contributed by atoms with Crippen LogP contribution in [0, 0.1) is 0 Å². The summed E-state index contributed by atoms with van der Waals surface area (Å²) in [5, 5.41) is 3.89. The van der Waals surface area contributed by atoms with Crippen LogP contribution >= 0.6 is 23.2 Å². The summed E-state index contributed by atoms with van der Waals surface area (Å²) >= 11 is 11.2. The van der Waals surface area contributed by atoms with Crippen molar-refractivity contribution in [2.75, 3.05) is 13.1 Å². The van der Waals surface area contributed by atoms with Crippen LogP contribution in [0.5, 0.6) is 0 Å². The lowest BCUT2D eigenvalue weighted by atomic mass is 10.2. The van der Waals surface area contributed by atoms with Crippen molar-refractivity contribution in [1.29, 1.82) is 0 Å². The fraction of sp³-hybridized carbons (Fsp3) is 0.364. The largest absolute Gasteiger partial charge is 0.317 e. The molecule has 0 spiro atoms. The number of benzene rings is 1. The van der Waals surface area contributed by atoms with Crippen LogP contribution in [-0.4, -0.2) is 19.4 Å². The quantitative estimate of drug-likeness (QED) is 0.830. The van der Waals surface area contributed by atoms with Gasteiger partial charge in [-0.1, -0.05) is 43.1 Å². The van der Waals surface area contributed by atoms with E-state index in [9.17, 15) is 4.79 Å². The van der Waals surface area contributed by atoms with Crippen molar-refractivity contribution in [2.24, 2.45) is 0 Å². The average molecular weight is 248 g/mol. The smallest absolute Gasteiger partial charge is 0.153 e. The first-order valence-electron chi connectivity index (χ1n) is 4.77. The molecule has 1 rings (SSSR count). The third-order valence-corrected chi connectivity index (χ3v) is 2.28. The highest BCUT2D eigenvalue weighted by Crippen LogP contribution is 2.21. The third kappa shape index (κ3) is 5.78. The molecular weight excluding hydrogens is 233 g/mol. The maximum absolute atomic E-state index is 10.3. The molecule has 0 saturated heterocycles. The minimum atomic E-state index is 0.353. The van der Waals surface area contributed by atoms with Crippen molar-refractivity contribution in [3.63, 3.8) is 0 Å². The van der Waals surface area contributed by atoms with Crippen molar-refractivity contribution in [2.45, 2.75) is 13.8 Å². The van der Waals surface area contributed by atoms with E-state index in [1.807, 2.05) is 0 Å². The van der Waals surface area contributed by atoms with Crippen molar-refractivity contribution in [1.82, 2.24) is 5.32 Å². The minimum Gasteiger partial charge on any atom is -0.317 e. The van der Waals surface area contributed by atoms with Gasteiger partial charge in [-0.05, 0) is 25.2 Å². The number of carbonyl (C=O) groups excluding carboxylic acids is 1. The monoisotopic (exact) mass is 247 g/mol. The molecule has 0 aliphatic heterocycles. The third-order valence-electron chi connectivity index (χ3n) is 1.62. The second-order valence-electron chi connectivity index (χ2n) is 2.71. The lowest BCUT2D eigenvalue weighted by Crippen LogP contribution is -2.09. The van der Waals surface area contributed by atoms with Crippen LogP contribution in [0.1, 0.15) is 24.2 Å². The van der Waals surface area contributed by atoms with Crippen LogP contribution in [0.15, 0.2) is 18.2 Å². The van der Waals surface area contributed by atoms with E-state index in [2.05, 4.69) is 19.2 Å². The van der Waals surface area contributed by atoms with E-state index in [4.69, 9.17) is 23.2 Å². The molecular formula is C11H15Cl2NO. The molecule has 0 aliphatic carbocycles. The van der Waals surface area contributed by atoms with Crippen LogP contribution in [0.25, 0.3) is 0 Å². The van der Waals surface area contributed by atoms with Crippen LogP contribution in [0.4, 0.5) is 0 Å². The highest BCUT2D eigenvalue weighted by molar-refractivity contribution is 6.38. The number of hydrogen-bond acceptors (Lipinski definition) is 2. The van der Waals surface area contributed by atoms with Gasteiger partial charge in [-0.2, -0.15) is 0 Å². The fourth-order valence-electron chi connectivity index (χ4n) is 0.873. The molecule has 0 aliphatic rings. The van der Waals surface area contributed by atoms with E-state index >= 15 is 0 Å². The molecule has 0 fully saturated rings. The van der Waals surface area contributed by atoms with Gasteiger partial charge in [0, 0.05) is 0 Å². The maximum Gasteiger partial charge on any atom is 0.153 e. The van der Waals surface area contributed by atoms with Gasteiger partial charge in [0.1, 0.15) is 0 Å². The summed E-state index contributed by atoms with van der Waals surface area (Å²) in [6.45, 7) is 6.39. The standard InChI is InChI=1S/C7H4Cl2O.C4H11N/c8-6-2-1-3-7(9)5(6)4-10;1-3-5-4-2/h1-4H;5H,3-4H2,1-2H3. The van der Waals surface area contributed by atoms with E-state index in [1.165, 1.54) is 0 Å². The topological polar surface area (TPSA) is 29.1 Å². The number of carbonyl (C=O) groups is 1. The molecule has 0 unspecified atom stereocenters. The van der Waals surface area contributed by atoms with Gasteiger partial charge in [-0.25, -0.2) is 0 Å². The Morgan fingerprint density at radius 1 is 1.20 bits per heavy atom. The van der Waals surface area contributed by atoms with Crippen LogP contribution in [-0.2, 0) is 0 Å². The first-order valence-corrected chi connectivity index (χ1v) is 5.52. The van der Waals surface area contributed by atoms with Gasteiger partial charge >= 0.3 is 0 Å². The van der Waals surface area contributed by atoms with Gasteiger partial charge in [-0.15, -0.1) is 0 Å². The summed E-state index contributed by atoms with van der Waals surface area (Å²) in [6, 6.07) is 4.94. The molecule has 0 heterocycles. The molecule has 2 nitrogen and oxygen atoms in total. The molecule has 0 atom stereocenters. The normalized spacial score (nSPS) is 9.07. The summed E-state index contributed by atoms with van der Waals surface area (Å²) in [5.41, 5.74) is 0.353. The van der Waals surface area contributed by atoms with E-state index in [0.717, 1.165) is 13.1 Å². The van der Waals surface area contributed by atoms with Gasteiger partial charge in [-0.3, -0.25) is 4.79 Å². The van der Waals surface area contributed by atoms with Crippen LogP contribution in [0.3, 0.4) is 0 Å². The first kappa shape index (κ1) is 14.4. The van der Waals surface area contributed by atoms with E-state index in [-0.39, 0.29) is 0 Å². The molecule has 4 heteroatoms. The number of hydrogen-bond donors (Lipinski definition) is 1. The number of halogens is 2. The molecule has 1 aromatic rings. The van der Waals surface area contributed by atoms with E-state index in [0.29, 0.717) is 21.9 Å². The summed E-state index contributed by atoms with van der Waals surface area (Å²) in [7, 11) is 0. The van der Waals surface area contributed by atoms with Gasteiger partial charge in [0.2, 0.25) is 0 Å². The van der Waals surface area contributed by atoms with Gasteiger partial charge < -0.3 is 5.32 Å².